The van der Waals surface area contributed by atoms with Crippen LogP contribution in [0.5, 0.6) is 0 Å². The fourth-order valence-corrected chi connectivity index (χ4v) is 3.11. The molecule has 1 aliphatic carbocycles. The molecule has 2 atom stereocenters. The van der Waals surface area contributed by atoms with E-state index in [0.717, 1.165) is 28.0 Å². The molecule has 0 bridgehead atoms. The molecule has 0 saturated heterocycles. The summed E-state index contributed by atoms with van der Waals surface area (Å²) in [4.78, 5) is 23.3. The normalized spacial score (nSPS) is 21.2. The molecule has 0 aliphatic heterocycles. The molecule has 22 heavy (non-hydrogen) atoms. The van der Waals surface area contributed by atoms with Gasteiger partial charge in [-0.05, 0) is 56.9 Å². The van der Waals surface area contributed by atoms with Gasteiger partial charge in [0.1, 0.15) is 11.3 Å². The average molecular weight is 301 g/mol. The van der Waals surface area contributed by atoms with Crippen molar-refractivity contribution in [3.8, 4) is 0 Å². The molecule has 3 rings (SSSR count). The number of carbonyl (C=O) groups is 2. The van der Waals surface area contributed by atoms with Gasteiger partial charge < -0.3 is 14.8 Å². The molecule has 2 N–H and O–H groups in total. The molecule has 0 spiro atoms. The lowest BCUT2D eigenvalue weighted by atomic mass is 10.0. The Morgan fingerprint density at radius 3 is 2.64 bits per heavy atom. The van der Waals surface area contributed by atoms with E-state index in [-0.39, 0.29) is 11.8 Å². The van der Waals surface area contributed by atoms with E-state index in [1.54, 1.807) is 0 Å². The summed E-state index contributed by atoms with van der Waals surface area (Å²) in [5, 5.41) is 12.9. The quantitative estimate of drug-likeness (QED) is 0.909. The number of fused-ring (bicyclic) bond motifs is 1. The molecule has 1 aliphatic rings. The third kappa shape index (κ3) is 2.58. The van der Waals surface area contributed by atoms with Crippen LogP contribution < -0.4 is 5.32 Å². The third-order valence-electron chi connectivity index (χ3n) is 4.59. The molecule has 5 nitrogen and oxygen atoms in total. The van der Waals surface area contributed by atoms with Crippen LogP contribution in [0.4, 0.5) is 5.69 Å². The van der Waals surface area contributed by atoms with Crippen LogP contribution >= 0.6 is 0 Å². The minimum Gasteiger partial charge on any atom is -0.481 e. The second-order valence-electron chi connectivity index (χ2n) is 6.03. The predicted molar refractivity (Wildman–Crippen MR) is 82.8 cm³/mol. The first-order valence-electron chi connectivity index (χ1n) is 7.49. The summed E-state index contributed by atoms with van der Waals surface area (Å²) in [7, 11) is 0. The fraction of sp³-hybridized carbons (Fsp3) is 0.412. The van der Waals surface area contributed by atoms with E-state index >= 15 is 0 Å². The zero-order chi connectivity index (χ0) is 15.9. The van der Waals surface area contributed by atoms with Crippen molar-refractivity contribution in [3.63, 3.8) is 0 Å². The number of amides is 1. The molecule has 1 aromatic carbocycles. The van der Waals surface area contributed by atoms with Gasteiger partial charge in [0.05, 0.1) is 5.92 Å². The van der Waals surface area contributed by atoms with Gasteiger partial charge in [-0.2, -0.15) is 0 Å². The maximum atomic E-state index is 12.3. The first-order valence-corrected chi connectivity index (χ1v) is 7.49. The number of benzene rings is 1. The fourth-order valence-electron chi connectivity index (χ4n) is 3.11. The SMILES string of the molecule is Cc1oc2ccc(NC(=O)[C@@H]3CC[C@H](C(=O)O)C3)cc2c1C. The topological polar surface area (TPSA) is 79.5 Å². The standard InChI is InChI=1S/C17H19NO4/c1-9-10(2)22-15-6-5-13(8-14(9)15)18-16(19)11-3-4-12(7-11)17(20)21/h5-6,8,11-12H,3-4,7H2,1-2H3,(H,18,19)(H,20,21)/t11-,12+/m1/s1. The van der Waals surface area contributed by atoms with E-state index < -0.39 is 11.9 Å². The van der Waals surface area contributed by atoms with Crippen LogP contribution in [0.15, 0.2) is 22.6 Å². The minimum absolute atomic E-state index is 0.0963. The molecule has 2 aromatic rings. The van der Waals surface area contributed by atoms with Gasteiger partial charge in [-0.1, -0.05) is 0 Å². The molecular formula is C17H19NO4. The summed E-state index contributed by atoms with van der Waals surface area (Å²) in [6, 6.07) is 5.56. The molecule has 0 unspecified atom stereocenters. The second-order valence-corrected chi connectivity index (χ2v) is 6.03. The van der Waals surface area contributed by atoms with Gasteiger partial charge in [0.25, 0.3) is 0 Å². The van der Waals surface area contributed by atoms with Gasteiger partial charge in [-0.3, -0.25) is 9.59 Å². The average Bonchev–Trinajstić information content (AvgIpc) is 3.06. The first-order chi connectivity index (χ1) is 10.5. The van der Waals surface area contributed by atoms with Crippen molar-refractivity contribution >= 4 is 28.5 Å². The van der Waals surface area contributed by atoms with E-state index in [4.69, 9.17) is 9.52 Å². The molecule has 1 fully saturated rings. The molecule has 116 valence electrons. The van der Waals surface area contributed by atoms with Gasteiger partial charge in [-0.15, -0.1) is 0 Å². The lowest BCUT2D eigenvalue weighted by molar-refractivity contribution is -0.141. The van der Waals surface area contributed by atoms with Crippen molar-refractivity contribution < 1.29 is 19.1 Å². The molecule has 1 amide bonds. The Hall–Kier alpha value is -2.30. The van der Waals surface area contributed by atoms with Crippen LogP contribution in [-0.4, -0.2) is 17.0 Å². The van der Waals surface area contributed by atoms with Crippen molar-refractivity contribution in [2.24, 2.45) is 11.8 Å². The highest BCUT2D eigenvalue weighted by Crippen LogP contribution is 2.32. The number of carboxylic acid groups (broad SMARTS) is 1. The van der Waals surface area contributed by atoms with E-state index in [0.29, 0.717) is 19.3 Å². The largest absolute Gasteiger partial charge is 0.481 e. The number of hydrogen-bond acceptors (Lipinski definition) is 3. The van der Waals surface area contributed by atoms with Crippen LogP contribution in [0.2, 0.25) is 0 Å². The Balaban J connectivity index is 1.74. The summed E-state index contributed by atoms with van der Waals surface area (Å²) in [6.07, 6.45) is 1.63. The number of nitrogens with one attached hydrogen (secondary N) is 1. The van der Waals surface area contributed by atoms with Gasteiger partial charge in [0.15, 0.2) is 0 Å². The molecule has 1 aromatic heterocycles. The van der Waals surface area contributed by atoms with Crippen LogP contribution in [0.3, 0.4) is 0 Å². The predicted octanol–water partition coefficient (Wildman–Crippen LogP) is 3.49. The number of anilines is 1. The Morgan fingerprint density at radius 1 is 1.23 bits per heavy atom. The molecule has 1 saturated carbocycles. The summed E-state index contributed by atoms with van der Waals surface area (Å²) in [6.45, 7) is 3.90. The van der Waals surface area contributed by atoms with E-state index in [1.165, 1.54) is 0 Å². The van der Waals surface area contributed by atoms with Gasteiger partial charge in [-0.25, -0.2) is 0 Å². The number of aryl methyl sites for hydroxylation is 2. The first kappa shape index (κ1) is 14.6. The Morgan fingerprint density at radius 2 is 1.95 bits per heavy atom. The maximum absolute atomic E-state index is 12.3. The highest BCUT2D eigenvalue weighted by Gasteiger charge is 2.33. The van der Waals surface area contributed by atoms with Crippen molar-refractivity contribution in [2.75, 3.05) is 5.32 Å². The van der Waals surface area contributed by atoms with E-state index in [2.05, 4.69) is 5.32 Å². The van der Waals surface area contributed by atoms with Crippen LogP contribution in [-0.2, 0) is 9.59 Å². The van der Waals surface area contributed by atoms with E-state index in [9.17, 15) is 9.59 Å². The molecule has 5 heteroatoms. The smallest absolute Gasteiger partial charge is 0.306 e. The van der Waals surface area contributed by atoms with Crippen LogP contribution in [0, 0.1) is 25.7 Å². The van der Waals surface area contributed by atoms with Gasteiger partial charge in [0, 0.05) is 17.0 Å². The number of carbonyl (C=O) groups excluding carboxylic acids is 1. The molecular weight excluding hydrogens is 282 g/mol. The number of furan rings is 1. The summed E-state index contributed by atoms with van der Waals surface area (Å²) < 4.78 is 5.62. The van der Waals surface area contributed by atoms with Gasteiger partial charge >= 0.3 is 5.97 Å². The number of rotatable bonds is 3. The van der Waals surface area contributed by atoms with Crippen molar-refractivity contribution in [1.29, 1.82) is 0 Å². The van der Waals surface area contributed by atoms with Gasteiger partial charge in [0.2, 0.25) is 5.91 Å². The van der Waals surface area contributed by atoms with E-state index in [1.807, 2.05) is 32.0 Å². The summed E-state index contributed by atoms with van der Waals surface area (Å²) in [5.41, 5.74) is 2.60. The summed E-state index contributed by atoms with van der Waals surface area (Å²) in [5.74, 6) is -0.637. The Kier molecular flexibility index (Phi) is 3.64. The number of aliphatic carboxylic acids is 1. The number of hydrogen-bond donors (Lipinski definition) is 2. The Labute approximate surface area is 128 Å². The lowest BCUT2D eigenvalue weighted by Crippen LogP contribution is -2.21. The maximum Gasteiger partial charge on any atom is 0.306 e. The lowest BCUT2D eigenvalue weighted by Gasteiger charge is -2.11. The Bertz CT molecular complexity index is 746. The second kappa shape index (κ2) is 5.48. The number of carboxylic acids is 1. The van der Waals surface area contributed by atoms with Crippen molar-refractivity contribution in [2.45, 2.75) is 33.1 Å². The molecule has 0 radical (unpaired) electrons. The minimum atomic E-state index is -0.804. The highest BCUT2D eigenvalue weighted by atomic mass is 16.4. The van der Waals surface area contributed by atoms with Crippen molar-refractivity contribution in [3.05, 3.63) is 29.5 Å². The van der Waals surface area contributed by atoms with Crippen LogP contribution in [0.25, 0.3) is 11.0 Å². The summed E-state index contributed by atoms with van der Waals surface area (Å²) >= 11 is 0. The molecule has 1 heterocycles. The van der Waals surface area contributed by atoms with Crippen molar-refractivity contribution in [1.82, 2.24) is 0 Å². The zero-order valence-corrected chi connectivity index (χ0v) is 12.7. The highest BCUT2D eigenvalue weighted by molar-refractivity contribution is 5.96. The van der Waals surface area contributed by atoms with Crippen LogP contribution in [0.1, 0.15) is 30.6 Å². The third-order valence-corrected chi connectivity index (χ3v) is 4.59. The monoisotopic (exact) mass is 301 g/mol. The zero-order valence-electron chi connectivity index (χ0n) is 12.7.